The number of hydrogen-bond acceptors (Lipinski definition) is 5. The van der Waals surface area contributed by atoms with Crippen molar-refractivity contribution in [1.82, 2.24) is 4.98 Å². The topological polar surface area (TPSA) is 60.5 Å². The van der Waals surface area contributed by atoms with Gasteiger partial charge < -0.3 is 9.47 Å². The van der Waals surface area contributed by atoms with E-state index in [0.29, 0.717) is 17.5 Å². The molecule has 30 heavy (non-hydrogen) atoms. The first kappa shape index (κ1) is 22.3. The molecule has 0 saturated carbocycles. The number of rotatable bonds is 7. The number of carbonyl (C=O) groups is 1. The Kier molecular flexibility index (Phi) is 7.15. The van der Waals surface area contributed by atoms with Crippen LogP contribution in [0, 0.1) is 0 Å². The van der Waals surface area contributed by atoms with E-state index in [0.717, 1.165) is 27.0 Å². The molecule has 7 heteroatoms. The minimum atomic E-state index is -0.245. The molecule has 1 aromatic heterocycles. The van der Waals surface area contributed by atoms with Crippen molar-refractivity contribution < 1.29 is 14.3 Å². The van der Waals surface area contributed by atoms with Crippen molar-refractivity contribution in [3.05, 3.63) is 57.9 Å². The van der Waals surface area contributed by atoms with Gasteiger partial charge in [0.15, 0.2) is 11.7 Å². The van der Waals surface area contributed by atoms with Crippen LogP contribution in [0.25, 0.3) is 11.3 Å². The molecule has 5 nitrogen and oxygen atoms in total. The molecule has 0 radical (unpaired) electrons. The van der Waals surface area contributed by atoms with Gasteiger partial charge in [0.1, 0.15) is 11.5 Å². The largest absolute Gasteiger partial charge is 0.494 e. The lowest BCUT2D eigenvalue weighted by Gasteiger charge is -2.23. The molecule has 0 saturated heterocycles. The highest BCUT2D eigenvalue weighted by Gasteiger charge is 2.20. The number of benzene rings is 2. The molecule has 1 N–H and O–H groups in total. The summed E-state index contributed by atoms with van der Waals surface area (Å²) in [5.41, 5.74) is 2.72. The molecule has 0 atom stereocenters. The first-order chi connectivity index (χ1) is 14.3. The standard InChI is InChI=1S/C23H25BrN2O3S/c1-5-28-17-9-6-15(7-10-17)19-14-30-22(25-19)26-21(27)13-29-20-11-8-16(24)12-18(20)23(2,3)4/h6-12,14H,5,13H2,1-4H3,(H,25,26,27). The first-order valence-electron chi connectivity index (χ1n) is 9.67. The van der Waals surface area contributed by atoms with Gasteiger partial charge >= 0.3 is 0 Å². The minimum Gasteiger partial charge on any atom is -0.494 e. The van der Waals surface area contributed by atoms with Crippen LogP contribution in [0.2, 0.25) is 0 Å². The highest BCUT2D eigenvalue weighted by molar-refractivity contribution is 9.10. The van der Waals surface area contributed by atoms with Gasteiger partial charge in [-0.3, -0.25) is 10.1 Å². The summed E-state index contributed by atoms with van der Waals surface area (Å²) < 4.78 is 12.3. The summed E-state index contributed by atoms with van der Waals surface area (Å²) in [6.45, 7) is 8.83. The van der Waals surface area contributed by atoms with E-state index in [4.69, 9.17) is 9.47 Å². The van der Waals surface area contributed by atoms with Gasteiger partial charge in [0.2, 0.25) is 0 Å². The fourth-order valence-corrected chi connectivity index (χ4v) is 3.96. The van der Waals surface area contributed by atoms with E-state index in [1.165, 1.54) is 11.3 Å². The Morgan fingerprint density at radius 3 is 2.53 bits per heavy atom. The van der Waals surface area contributed by atoms with Gasteiger partial charge in [-0.25, -0.2) is 4.98 Å². The quantitative estimate of drug-likeness (QED) is 0.424. The lowest BCUT2D eigenvalue weighted by Crippen LogP contribution is -2.22. The van der Waals surface area contributed by atoms with Gasteiger partial charge in [0, 0.05) is 21.0 Å². The molecule has 158 valence electrons. The third-order valence-corrected chi connectivity index (χ3v) is 5.57. The molecule has 1 amide bonds. The number of amides is 1. The van der Waals surface area contributed by atoms with Crippen LogP contribution in [0.15, 0.2) is 52.3 Å². The second kappa shape index (κ2) is 9.62. The number of halogens is 1. The molecule has 0 unspecified atom stereocenters. The van der Waals surface area contributed by atoms with E-state index < -0.39 is 0 Å². The summed E-state index contributed by atoms with van der Waals surface area (Å²) in [7, 11) is 0. The summed E-state index contributed by atoms with van der Waals surface area (Å²) in [5, 5.41) is 5.27. The lowest BCUT2D eigenvalue weighted by atomic mass is 9.86. The Labute approximate surface area is 189 Å². The van der Waals surface area contributed by atoms with Crippen LogP contribution in [-0.2, 0) is 10.2 Å². The first-order valence-corrected chi connectivity index (χ1v) is 11.3. The predicted octanol–water partition coefficient (Wildman–Crippen LogP) is 6.29. The Bertz CT molecular complexity index is 1010. The van der Waals surface area contributed by atoms with Gasteiger partial charge in [0.05, 0.1) is 12.3 Å². The maximum Gasteiger partial charge on any atom is 0.264 e. The molecule has 3 aromatic rings. The minimum absolute atomic E-state index is 0.0807. The smallest absolute Gasteiger partial charge is 0.264 e. The molecule has 3 rings (SSSR count). The highest BCUT2D eigenvalue weighted by Crippen LogP contribution is 2.33. The van der Waals surface area contributed by atoms with Crippen LogP contribution in [0.3, 0.4) is 0 Å². The number of carbonyl (C=O) groups excluding carboxylic acids is 1. The van der Waals surface area contributed by atoms with Crippen molar-refractivity contribution in [3.8, 4) is 22.8 Å². The van der Waals surface area contributed by atoms with Crippen molar-refractivity contribution in [2.24, 2.45) is 0 Å². The number of nitrogens with zero attached hydrogens (tertiary/aromatic N) is 1. The van der Waals surface area contributed by atoms with Gasteiger partial charge in [-0.2, -0.15) is 0 Å². The molecule has 1 heterocycles. The van der Waals surface area contributed by atoms with Gasteiger partial charge in [-0.15, -0.1) is 11.3 Å². The van der Waals surface area contributed by atoms with Crippen LogP contribution >= 0.6 is 27.3 Å². The maximum atomic E-state index is 12.4. The van der Waals surface area contributed by atoms with E-state index in [2.05, 4.69) is 47.0 Å². The molecule has 0 bridgehead atoms. The van der Waals surface area contributed by atoms with Crippen LogP contribution in [0.5, 0.6) is 11.5 Å². The van der Waals surface area contributed by atoms with Crippen molar-refractivity contribution >= 4 is 38.3 Å². The van der Waals surface area contributed by atoms with E-state index in [9.17, 15) is 4.79 Å². The van der Waals surface area contributed by atoms with Crippen molar-refractivity contribution in [1.29, 1.82) is 0 Å². The van der Waals surface area contributed by atoms with Gasteiger partial charge in [-0.05, 0) is 54.8 Å². The van der Waals surface area contributed by atoms with Gasteiger partial charge in [-0.1, -0.05) is 36.7 Å². The Morgan fingerprint density at radius 1 is 1.13 bits per heavy atom. The summed E-state index contributed by atoms with van der Waals surface area (Å²) in [4.78, 5) is 16.9. The molecule has 2 aromatic carbocycles. The van der Waals surface area contributed by atoms with E-state index >= 15 is 0 Å². The predicted molar refractivity (Wildman–Crippen MR) is 126 cm³/mol. The second-order valence-electron chi connectivity index (χ2n) is 7.72. The highest BCUT2D eigenvalue weighted by atomic mass is 79.9. The molecular formula is C23H25BrN2O3S. The van der Waals surface area contributed by atoms with Crippen molar-refractivity contribution in [2.45, 2.75) is 33.1 Å². The molecular weight excluding hydrogens is 464 g/mol. The number of thiazole rings is 1. The normalized spacial score (nSPS) is 11.2. The Hall–Kier alpha value is -2.38. The summed E-state index contributed by atoms with van der Waals surface area (Å²) in [5.74, 6) is 1.28. The lowest BCUT2D eigenvalue weighted by molar-refractivity contribution is -0.118. The molecule has 0 fully saturated rings. The van der Waals surface area contributed by atoms with E-state index in [-0.39, 0.29) is 17.9 Å². The zero-order valence-corrected chi connectivity index (χ0v) is 19.9. The third kappa shape index (κ3) is 5.83. The van der Waals surface area contributed by atoms with Crippen molar-refractivity contribution in [2.75, 3.05) is 18.5 Å². The zero-order chi connectivity index (χ0) is 21.7. The van der Waals surface area contributed by atoms with Gasteiger partial charge in [0.25, 0.3) is 5.91 Å². The third-order valence-electron chi connectivity index (χ3n) is 4.32. The maximum absolute atomic E-state index is 12.4. The Morgan fingerprint density at radius 2 is 1.87 bits per heavy atom. The monoisotopic (exact) mass is 488 g/mol. The van der Waals surface area contributed by atoms with Crippen molar-refractivity contribution in [3.63, 3.8) is 0 Å². The summed E-state index contributed by atoms with van der Waals surface area (Å²) in [6.07, 6.45) is 0. The molecule has 0 aliphatic carbocycles. The summed E-state index contributed by atoms with van der Waals surface area (Å²) >= 11 is 4.88. The van der Waals surface area contributed by atoms with Crippen LogP contribution in [0.1, 0.15) is 33.3 Å². The SMILES string of the molecule is CCOc1ccc(-c2csc(NC(=O)COc3ccc(Br)cc3C(C)(C)C)n2)cc1. The van der Waals surface area contributed by atoms with E-state index in [1.54, 1.807) is 0 Å². The number of ether oxygens (including phenoxy) is 2. The number of nitrogens with one attached hydrogen (secondary N) is 1. The van der Waals surface area contributed by atoms with Crippen LogP contribution in [0.4, 0.5) is 5.13 Å². The second-order valence-corrected chi connectivity index (χ2v) is 9.50. The number of hydrogen-bond donors (Lipinski definition) is 1. The average Bonchev–Trinajstić information content (AvgIpc) is 3.15. The number of aromatic nitrogens is 1. The average molecular weight is 489 g/mol. The molecule has 0 spiro atoms. The van der Waals surface area contributed by atoms with Crippen LogP contribution in [-0.4, -0.2) is 24.1 Å². The molecule has 0 aliphatic rings. The van der Waals surface area contributed by atoms with Crippen LogP contribution < -0.4 is 14.8 Å². The van der Waals surface area contributed by atoms with E-state index in [1.807, 2.05) is 54.8 Å². The summed E-state index contributed by atoms with van der Waals surface area (Å²) in [6, 6.07) is 13.5. The fraction of sp³-hybridized carbons (Fsp3) is 0.304. The zero-order valence-electron chi connectivity index (χ0n) is 17.5. The Balaban J connectivity index is 1.61. The fourth-order valence-electron chi connectivity index (χ4n) is 2.87. The number of anilines is 1. The molecule has 0 aliphatic heterocycles.